The van der Waals surface area contributed by atoms with Crippen LogP contribution in [-0.2, 0) is 0 Å². The molecule has 4 nitrogen and oxygen atoms in total. The van der Waals surface area contributed by atoms with Gasteiger partial charge in [0.05, 0.1) is 18.8 Å². The Labute approximate surface area is 112 Å². The Bertz CT molecular complexity index is 421. The minimum Gasteiger partial charge on any atom is -0.496 e. The molecular weight excluding hydrogens is 254 g/mol. The molecule has 0 aromatic heterocycles. The van der Waals surface area contributed by atoms with Crippen LogP contribution in [0, 0.1) is 5.92 Å². The number of halogens is 1. The number of rotatable bonds is 5. The maximum absolute atomic E-state index is 11.9. The zero-order chi connectivity index (χ0) is 13.7. The Hall–Kier alpha value is -1.26. The molecule has 2 N–H and O–H groups in total. The van der Waals surface area contributed by atoms with E-state index in [1.807, 2.05) is 13.8 Å². The van der Waals surface area contributed by atoms with Crippen molar-refractivity contribution in [2.75, 3.05) is 13.7 Å². The Kier molecular flexibility index (Phi) is 5.44. The molecule has 0 fully saturated rings. The van der Waals surface area contributed by atoms with Crippen molar-refractivity contribution in [1.29, 1.82) is 0 Å². The van der Waals surface area contributed by atoms with Gasteiger partial charge in [-0.2, -0.15) is 0 Å². The molecule has 1 atom stereocenters. The summed E-state index contributed by atoms with van der Waals surface area (Å²) in [6.45, 7) is 3.99. The van der Waals surface area contributed by atoms with Crippen LogP contribution in [0.2, 0.25) is 5.02 Å². The molecular formula is C13H18ClNO3. The summed E-state index contributed by atoms with van der Waals surface area (Å²) in [5.41, 5.74) is 0.401. The highest BCUT2D eigenvalue weighted by Gasteiger charge is 2.15. The Balaban J connectivity index is 2.72. The van der Waals surface area contributed by atoms with Crippen molar-refractivity contribution in [3.63, 3.8) is 0 Å². The van der Waals surface area contributed by atoms with E-state index in [9.17, 15) is 9.90 Å². The van der Waals surface area contributed by atoms with Crippen LogP contribution >= 0.6 is 11.6 Å². The van der Waals surface area contributed by atoms with Crippen LogP contribution < -0.4 is 10.1 Å². The Morgan fingerprint density at radius 1 is 1.50 bits per heavy atom. The van der Waals surface area contributed by atoms with Crippen LogP contribution in [0.1, 0.15) is 24.2 Å². The molecule has 0 aliphatic rings. The summed E-state index contributed by atoms with van der Waals surface area (Å²) in [4.78, 5) is 11.9. The molecule has 1 unspecified atom stereocenters. The number of amides is 1. The molecule has 5 heteroatoms. The molecule has 0 saturated carbocycles. The van der Waals surface area contributed by atoms with Crippen LogP contribution in [0.4, 0.5) is 0 Å². The summed E-state index contributed by atoms with van der Waals surface area (Å²) >= 11 is 5.82. The number of carbonyl (C=O) groups is 1. The van der Waals surface area contributed by atoms with E-state index in [0.717, 1.165) is 0 Å². The number of benzene rings is 1. The zero-order valence-corrected chi connectivity index (χ0v) is 11.5. The topological polar surface area (TPSA) is 58.6 Å². The van der Waals surface area contributed by atoms with E-state index >= 15 is 0 Å². The molecule has 0 bridgehead atoms. The number of aliphatic hydroxyl groups excluding tert-OH is 1. The lowest BCUT2D eigenvalue weighted by molar-refractivity contribution is 0.0869. The van der Waals surface area contributed by atoms with Gasteiger partial charge in [-0.1, -0.05) is 25.4 Å². The second-order valence-electron chi connectivity index (χ2n) is 4.37. The van der Waals surface area contributed by atoms with E-state index in [4.69, 9.17) is 16.3 Å². The van der Waals surface area contributed by atoms with Gasteiger partial charge in [-0.05, 0) is 24.1 Å². The van der Waals surface area contributed by atoms with Crippen molar-refractivity contribution in [3.8, 4) is 5.75 Å². The monoisotopic (exact) mass is 271 g/mol. The quantitative estimate of drug-likeness (QED) is 0.862. The summed E-state index contributed by atoms with van der Waals surface area (Å²) in [7, 11) is 1.48. The van der Waals surface area contributed by atoms with Crippen molar-refractivity contribution in [3.05, 3.63) is 28.8 Å². The second-order valence-corrected chi connectivity index (χ2v) is 4.80. The molecule has 0 aliphatic heterocycles. The normalized spacial score (nSPS) is 12.3. The lowest BCUT2D eigenvalue weighted by Crippen LogP contribution is -2.34. The third-order valence-electron chi connectivity index (χ3n) is 2.65. The summed E-state index contributed by atoms with van der Waals surface area (Å²) in [5.74, 6) is 0.222. The summed E-state index contributed by atoms with van der Waals surface area (Å²) in [6.07, 6.45) is -0.563. The predicted octanol–water partition coefficient (Wildman–Crippen LogP) is 2.10. The highest BCUT2D eigenvalue weighted by molar-refractivity contribution is 6.30. The van der Waals surface area contributed by atoms with Gasteiger partial charge in [0.15, 0.2) is 0 Å². The van der Waals surface area contributed by atoms with Crippen LogP contribution in [0.25, 0.3) is 0 Å². The van der Waals surface area contributed by atoms with Gasteiger partial charge < -0.3 is 15.2 Å². The third-order valence-corrected chi connectivity index (χ3v) is 2.88. The Morgan fingerprint density at radius 2 is 2.17 bits per heavy atom. The summed E-state index contributed by atoms with van der Waals surface area (Å²) < 4.78 is 5.09. The molecule has 0 spiro atoms. The maximum Gasteiger partial charge on any atom is 0.255 e. The first kappa shape index (κ1) is 14.8. The minimum absolute atomic E-state index is 0.0948. The molecule has 100 valence electrons. The van der Waals surface area contributed by atoms with Gasteiger partial charge >= 0.3 is 0 Å². The van der Waals surface area contributed by atoms with Gasteiger partial charge in [0.1, 0.15) is 5.75 Å². The average molecular weight is 272 g/mol. The van der Waals surface area contributed by atoms with Gasteiger partial charge in [0.2, 0.25) is 0 Å². The first-order valence-corrected chi connectivity index (χ1v) is 6.13. The number of nitrogens with one attached hydrogen (secondary N) is 1. The Morgan fingerprint density at radius 3 is 2.72 bits per heavy atom. The molecule has 1 rings (SSSR count). The van der Waals surface area contributed by atoms with Crippen LogP contribution in [0.15, 0.2) is 18.2 Å². The smallest absolute Gasteiger partial charge is 0.255 e. The van der Waals surface area contributed by atoms with Crippen LogP contribution in [0.5, 0.6) is 5.75 Å². The van der Waals surface area contributed by atoms with Crippen molar-refractivity contribution in [2.45, 2.75) is 20.0 Å². The lowest BCUT2D eigenvalue weighted by Gasteiger charge is -2.15. The van der Waals surface area contributed by atoms with E-state index in [2.05, 4.69) is 5.32 Å². The fourth-order valence-corrected chi connectivity index (χ4v) is 1.54. The van der Waals surface area contributed by atoms with E-state index < -0.39 is 6.10 Å². The lowest BCUT2D eigenvalue weighted by atomic mass is 10.1. The number of hydrogen-bond donors (Lipinski definition) is 2. The molecule has 1 amide bonds. The molecule has 1 aromatic rings. The number of hydrogen-bond acceptors (Lipinski definition) is 3. The van der Waals surface area contributed by atoms with Gasteiger partial charge in [0, 0.05) is 11.6 Å². The standard InChI is InChI=1S/C13H18ClNO3/c1-8(2)11(16)7-15-13(17)10-5-4-9(14)6-12(10)18-3/h4-6,8,11,16H,7H2,1-3H3,(H,15,17). The highest BCUT2D eigenvalue weighted by Crippen LogP contribution is 2.22. The van der Waals surface area contributed by atoms with Gasteiger partial charge in [0.25, 0.3) is 5.91 Å². The van der Waals surface area contributed by atoms with Gasteiger partial charge in [-0.15, -0.1) is 0 Å². The van der Waals surface area contributed by atoms with Gasteiger partial charge in [-0.25, -0.2) is 0 Å². The number of methoxy groups -OCH3 is 1. The zero-order valence-electron chi connectivity index (χ0n) is 10.7. The van der Waals surface area contributed by atoms with Crippen molar-refractivity contribution in [1.82, 2.24) is 5.32 Å². The van der Waals surface area contributed by atoms with E-state index in [-0.39, 0.29) is 18.4 Å². The first-order valence-electron chi connectivity index (χ1n) is 5.75. The summed E-state index contributed by atoms with van der Waals surface area (Å²) in [6, 6.07) is 4.80. The number of ether oxygens (including phenoxy) is 1. The molecule has 1 aromatic carbocycles. The van der Waals surface area contributed by atoms with Crippen molar-refractivity contribution >= 4 is 17.5 Å². The van der Waals surface area contributed by atoms with E-state index in [1.165, 1.54) is 7.11 Å². The second kappa shape index (κ2) is 6.61. The third kappa shape index (κ3) is 3.89. The van der Waals surface area contributed by atoms with Crippen molar-refractivity contribution < 1.29 is 14.6 Å². The van der Waals surface area contributed by atoms with E-state index in [1.54, 1.807) is 18.2 Å². The van der Waals surface area contributed by atoms with Crippen LogP contribution in [-0.4, -0.2) is 30.8 Å². The summed E-state index contributed by atoms with van der Waals surface area (Å²) in [5, 5.41) is 12.8. The maximum atomic E-state index is 11.9. The largest absolute Gasteiger partial charge is 0.496 e. The molecule has 18 heavy (non-hydrogen) atoms. The minimum atomic E-state index is -0.563. The first-order chi connectivity index (χ1) is 8.45. The fraction of sp³-hybridized carbons (Fsp3) is 0.462. The predicted molar refractivity (Wildman–Crippen MR) is 71.2 cm³/mol. The van der Waals surface area contributed by atoms with E-state index in [0.29, 0.717) is 16.3 Å². The molecule has 0 radical (unpaired) electrons. The highest BCUT2D eigenvalue weighted by atomic mass is 35.5. The van der Waals surface area contributed by atoms with Crippen molar-refractivity contribution in [2.24, 2.45) is 5.92 Å². The SMILES string of the molecule is COc1cc(Cl)ccc1C(=O)NCC(O)C(C)C. The molecule has 0 aliphatic carbocycles. The van der Waals surface area contributed by atoms with Gasteiger partial charge in [-0.3, -0.25) is 4.79 Å². The van der Waals surface area contributed by atoms with Crippen LogP contribution in [0.3, 0.4) is 0 Å². The molecule has 0 heterocycles. The average Bonchev–Trinajstić information content (AvgIpc) is 2.34. The fourth-order valence-electron chi connectivity index (χ4n) is 1.38. The molecule has 0 saturated heterocycles. The number of carbonyl (C=O) groups excluding carboxylic acids is 1. The number of aliphatic hydroxyl groups is 1.